The molecule has 19 heavy (non-hydrogen) atoms. The average Bonchev–Trinajstić information content (AvgIpc) is 2.26. The van der Waals surface area contributed by atoms with Gasteiger partial charge >= 0.3 is 0 Å². The first-order valence-corrected chi connectivity index (χ1v) is 7.77. The summed E-state index contributed by atoms with van der Waals surface area (Å²) < 4.78 is 22.9. The third-order valence-corrected chi connectivity index (χ3v) is 3.86. The molecule has 0 spiro atoms. The molecule has 3 N–H and O–H groups in total. The van der Waals surface area contributed by atoms with Crippen molar-refractivity contribution in [1.29, 1.82) is 0 Å². The Balaban J connectivity index is 2.93. The molecule has 0 saturated carbocycles. The van der Waals surface area contributed by atoms with Gasteiger partial charge in [-0.05, 0) is 23.6 Å². The molecule has 1 atom stereocenters. The molecule has 5 nitrogen and oxygen atoms in total. The molecule has 0 saturated heterocycles. The summed E-state index contributed by atoms with van der Waals surface area (Å²) in [6.07, 6.45) is 1.12. The number of nitrogens with two attached hydrogens (primary N) is 1. The second-order valence-electron chi connectivity index (χ2n) is 5.63. The molecule has 0 aliphatic rings. The van der Waals surface area contributed by atoms with Gasteiger partial charge in [-0.3, -0.25) is 4.79 Å². The van der Waals surface area contributed by atoms with Gasteiger partial charge in [-0.15, -0.1) is 0 Å². The Hall–Kier alpha value is -1.40. The van der Waals surface area contributed by atoms with Gasteiger partial charge in [0.2, 0.25) is 5.91 Å². The summed E-state index contributed by atoms with van der Waals surface area (Å²) in [4.78, 5) is 12.1. The normalized spacial score (nSPS) is 13.9. The number of amides is 1. The molecule has 1 amide bonds. The van der Waals surface area contributed by atoms with Crippen molar-refractivity contribution in [3.63, 3.8) is 0 Å². The monoisotopic (exact) mass is 284 g/mol. The van der Waals surface area contributed by atoms with Crippen molar-refractivity contribution >= 4 is 21.4 Å². The lowest BCUT2D eigenvalue weighted by Gasteiger charge is -2.25. The summed E-state index contributed by atoms with van der Waals surface area (Å²) in [6.45, 7) is 5.60. The first kappa shape index (κ1) is 15.7. The Morgan fingerprint density at radius 2 is 1.89 bits per heavy atom. The minimum Gasteiger partial charge on any atom is -0.325 e. The van der Waals surface area contributed by atoms with Gasteiger partial charge in [0.15, 0.2) is 9.84 Å². The van der Waals surface area contributed by atoms with Crippen LogP contribution in [0.25, 0.3) is 0 Å². The van der Waals surface area contributed by atoms with Gasteiger partial charge in [-0.1, -0.05) is 26.8 Å². The molecule has 0 radical (unpaired) electrons. The molecule has 6 heteroatoms. The minimum absolute atomic E-state index is 0.162. The van der Waals surface area contributed by atoms with Crippen LogP contribution in [0.15, 0.2) is 29.2 Å². The van der Waals surface area contributed by atoms with E-state index in [4.69, 9.17) is 5.73 Å². The van der Waals surface area contributed by atoms with Gasteiger partial charge in [-0.2, -0.15) is 0 Å². The smallest absolute Gasteiger partial charge is 0.241 e. The molecule has 1 aromatic carbocycles. The van der Waals surface area contributed by atoms with Crippen molar-refractivity contribution in [2.45, 2.75) is 31.7 Å². The van der Waals surface area contributed by atoms with Crippen LogP contribution in [0.4, 0.5) is 5.69 Å². The average molecular weight is 284 g/mol. The van der Waals surface area contributed by atoms with Crippen molar-refractivity contribution in [2.75, 3.05) is 11.6 Å². The van der Waals surface area contributed by atoms with Crippen LogP contribution in [0.5, 0.6) is 0 Å². The molecule has 106 valence electrons. The van der Waals surface area contributed by atoms with E-state index < -0.39 is 15.9 Å². The third kappa shape index (κ3) is 4.33. The molecule has 1 aromatic rings. The second kappa shape index (κ2) is 5.30. The molecule has 1 rings (SSSR count). The van der Waals surface area contributed by atoms with Crippen LogP contribution in [-0.4, -0.2) is 26.6 Å². The summed E-state index contributed by atoms with van der Waals surface area (Å²) in [5.74, 6) is -0.335. The Labute approximate surface area is 114 Å². The van der Waals surface area contributed by atoms with Gasteiger partial charge < -0.3 is 11.1 Å². The van der Waals surface area contributed by atoms with E-state index in [0.717, 1.165) is 6.26 Å². The lowest BCUT2D eigenvalue weighted by Crippen LogP contribution is -2.45. The maximum atomic E-state index is 11.9. The van der Waals surface area contributed by atoms with Crippen LogP contribution in [0.2, 0.25) is 0 Å². The molecule has 0 unspecified atom stereocenters. The molecular weight excluding hydrogens is 264 g/mol. The van der Waals surface area contributed by atoms with Gasteiger partial charge in [0.25, 0.3) is 0 Å². The fraction of sp³-hybridized carbons (Fsp3) is 0.462. The maximum absolute atomic E-state index is 11.9. The molecular formula is C13H20N2O3S. The zero-order chi connectivity index (χ0) is 14.8. The van der Waals surface area contributed by atoms with E-state index in [2.05, 4.69) is 5.32 Å². The highest BCUT2D eigenvalue weighted by atomic mass is 32.2. The zero-order valence-electron chi connectivity index (χ0n) is 11.6. The van der Waals surface area contributed by atoms with Crippen molar-refractivity contribution in [3.05, 3.63) is 24.3 Å². The van der Waals surface area contributed by atoms with Gasteiger partial charge in [0.1, 0.15) is 0 Å². The minimum atomic E-state index is -3.29. The predicted molar refractivity (Wildman–Crippen MR) is 75.6 cm³/mol. The number of nitrogens with one attached hydrogen (secondary N) is 1. The first-order valence-electron chi connectivity index (χ1n) is 5.88. The van der Waals surface area contributed by atoms with E-state index in [1.54, 1.807) is 12.1 Å². The van der Waals surface area contributed by atoms with Crippen LogP contribution in [0, 0.1) is 5.41 Å². The highest BCUT2D eigenvalue weighted by molar-refractivity contribution is 7.90. The number of carbonyl (C=O) groups is 1. The number of sulfone groups is 1. The van der Waals surface area contributed by atoms with E-state index >= 15 is 0 Å². The highest BCUT2D eigenvalue weighted by Crippen LogP contribution is 2.20. The van der Waals surface area contributed by atoms with Crippen molar-refractivity contribution in [2.24, 2.45) is 11.1 Å². The Morgan fingerprint density at radius 1 is 1.32 bits per heavy atom. The maximum Gasteiger partial charge on any atom is 0.241 e. The van der Waals surface area contributed by atoms with Crippen LogP contribution >= 0.6 is 0 Å². The second-order valence-corrected chi connectivity index (χ2v) is 7.65. The van der Waals surface area contributed by atoms with Crippen molar-refractivity contribution in [3.8, 4) is 0 Å². The molecule has 0 aromatic heterocycles. The molecule has 0 fully saturated rings. The SMILES string of the molecule is CC(C)(C)[C@H](N)C(=O)Nc1cccc(S(C)(=O)=O)c1. The topological polar surface area (TPSA) is 89.3 Å². The van der Waals surface area contributed by atoms with E-state index in [9.17, 15) is 13.2 Å². The summed E-state index contributed by atoms with van der Waals surface area (Å²) in [5, 5.41) is 2.63. The van der Waals surface area contributed by atoms with E-state index in [-0.39, 0.29) is 16.2 Å². The Morgan fingerprint density at radius 3 is 2.37 bits per heavy atom. The number of hydrogen-bond donors (Lipinski definition) is 2. The summed E-state index contributed by atoms with van der Waals surface area (Å²) in [5.41, 5.74) is 5.90. The van der Waals surface area contributed by atoms with Crippen LogP contribution in [0.3, 0.4) is 0 Å². The molecule has 0 bridgehead atoms. The lowest BCUT2D eigenvalue weighted by atomic mass is 9.87. The Kier molecular flexibility index (Phi) is 4.37. The summed E-state index contributed by atoms with van der Waals surface area (Å²) >= 11 is 0. The van der Waals surface area contributed by atoms with Gasteiger partial charge in [0.05, 0.1) is 10.9 Å². The quantitative estimate of drug-likeness (QED) is 0.878. The van der Waals surface area contributed by atoms with Crippen LogP contribution < -0.4 is 11.1 Å². The third-order valence-electron chi connectivity index (χ3n) is 2.75. The standard InChI is InChI=1S/C13H20N2O3S/c1-13(2,3)11(14)12(16)15-9-6-5-7-10(8-9)19(4,17)18/h5-8,11H,14H2,1-4H3,(H,15,16)/t11-/m1/s1. The fourth-order valence-corrected chi connectivity index (χ4v) is 2.08. The predicted octanol–water partition coefficient (Wildman–Crippen LogP) is 1.40. The molecule has 0 heterocycles. The van der Waals surface area contributed by atoms with Crippen LogP contribution in [-0.2, 0) is 14.6 Å². The molecule has 0 aliphatic carbocycles. The number of rotatable bonds is 3. The summed E-state index contributed by atoms with van der Waals surface area (Å²) in [6, 6.07) is 5.43. The van der Waals surface area contributed by atoms with Crippen molar-refractivity contribution in [1.82, 2.24) is 0 Å². The fourth-order valence-electron chi connectivity index (χ4n) is 1.42. The number of hydrogen-bond acceptors (Lipinski definition) is 4. The zero-order valence-corrected chi connectivity index (χ0v) is 12.4. The number of carbonyl (C=O) groups excluding carboxylic acids is 1. The number of anilines is 1. The molecule has 0 aliphatic heterocycles. The Bertz CT molecular complexity index is 574. The van der Waals surface area contributed by atoms with Crippen molar-refractivity contribution < 1.29 is 13.2 Å². The lowest BCUT2D eigenvalue weighted by molar-refractivity contribution is -0.119. The van der Waals surface area contributed by atoms with E-state index in [0.29, 0.717) is 5.69 Å². The largest absolute Gasteiger partial charge is 0.325 e. The highest BCUT2D eigenvalue weighted by Gasteiger charge is 2.27. The van der Waals surface area contributed by atoms with E-state index in [1.807, 2.05) is 20.8 Å². The van der Waals surface area contributed by atoms with Crippen LogP contribution in [0.1, 0.15) is 20.8 Å². The van der Waals surface area contributed by atoms with Gasteiger partial charge in [0, 0.05) is 11.9 Å². The summed E-state index contributed by atoms with van der Waals surface area (Å²) in [7, 11) is -3.29. The first-order chi connectivity index (χ1) is 8.51. The number of benzene rings is 1. The van der Waals surface area contributed by atoms with E-state index in [1.165, 1.54) is 12.1 Å². The van der Waals surface area contributed by atoms with Gasteiger partial charge in [-0.25, -0.2) is 8.42 Å².